The second-order valence-corrected chi connectivity index (χ2v) is 6.26. The Morgan fingerprint density at radius 3 is 2.54 bits per heavy atom. The lowest BCUT2D eigenvalue weighted by atomic mass is 10.2. The number of nitrogens with zero attached hydrogens (tertiary/aromatic N) is 2. The van der Waals surface area contributed by atoms with Crippen molar-refractivity contribution in [2.24, 2.45) is 0 Å². The molecule has 1 aromatic carbocycles. The third-order valence-electron chi connectivity index (χ3n) is 4.07. The number of carbonyl (C=O) groups excluding carboxylic acids is 2. The summed E-state index contributed by atoms with van der Waals surface area (Å²) in [5.41, 5.74) is 1.19. The lowest BCUT2D eigenvalue weighted by Crippen LogP contribution is -2.42. The summed E-state index contributed by atoms with van der Waals surface area (Å²) in [5.74, 6) is 0.696. The lowest BCUT2D eigenvalue weighted by Gasteiger charge is -2.18. The van der Waals surface area contributed by atoms with Gasteiger partial charge in [0.1, 0.15) is 12.4 Å². The summed E-state index contributed by atoms with van der Waals surface area (Å²) in [6, 6.07) is 7.88. The van der Waals surface area contributed by atoms with E-state index < -0.39 is 0 Å². The number of amides is 2. The second kappa shape index (κ2) is 9.27. The molecule has 132 valence electrons. The summed E-state index contributed by atoms with van der Waals surface area (Å²) in [5, 5.41) is 2.69. The van der Waals surface area contributed by atoms with Crippen molar-refractivity contribution in [3.05, 3.63) is 29.8 Å². The van der Waals surface area contributed by atoms with Crippen LogP contribution in [0.4, 0.5) is 0 Å². The monoisotopic (exact) mass is 333 g/mol. The zero-order chi connectivity index (χ0) is 17.4. The van der Waals surface area contributed by atoms with E-state index in [1.165, 1.54) is 5.56 Å². The van der Waals surface area contributed by atoms with Gasteiger partial charge in [-0.1, -0.05) is 17.7 Å². The van der Waals surface area contributed by atoms with Crippen LogP contribution in [0.5, 0.6) is 5.75 Å². The standard InChI is InChI=1S/C18H27N3O3/c1-15-5-7-16(8-6-15)24-12-11-20(2)14-17(22)19-13-18(23)21-9-3-4-10-21/h5-8H,3-4,9-14H2,1-2H3,(H,19,22). The van der Waals surface area contributed by atoms with Gasteiger partial charge in [-0.05, 0) is 38.9 Å². The van der Waals surface area contributed by atoms with Gasteiger partial charge in [0.2, 0.25) is 11.8 Å². The van der Waals surface area contributed by atoms with Crippen LogP contribution in [-0.2, 0) is 9.59 Å². The molecule has 1 aliphatic heterocycles. The van der Waals surface area contributed by atoms with Crippen LogP contribution in [0.3, 0.4) is 0 Å². The van der Waals surface area contributed by atoms with Crippen molar-refractivity contribution in [2.45, 2.75) is 19.8 Å². The Morgan fingerprint density at radius 1 is 1.21 bits per heavy atom. The van der Waals surface area contributed by atoms with Gasteiger partial charge in [-0.3, -0.25) is 14.5 Å². The van der Waals surface area contributed by atoms with E-state index in [9.17, 15) is 9.59 Å². The minimum Gasteiger partial charge on any atom is -0.492 e. The average molecular weight is 333 g/mol. The van der Waals surface area contributed by atoms with Gasteiger partial charge in [-0.2, -0.15) is 0 Å². The maximum Gasteiger partial charge on any atom is 0.241 e. The molecular weight excluding hydrogens is 306 g/mol. The molecule has 1 aliphatic rings. The highest BCUT2D eigenvalue weighted by atomic mass is 16.5. The SMILES string of the molecule is Cc1ccc(OCCN(C)CC(=O)NCC(=O)N2CCCC2)cc1. The number of likely N-dealkylation sites (tertiary alicyclic amines) is 1. The summed E-state index contributed by atoms with van der Waals surface area (Å²) in [6.45, 7) is 5.15. The van der Waals surface area contributed by atoms with Crippen LogP contribution in [0.2, 0.25) is 0 Å². The Morgan fingerprint density at radius 2 is 1.88 bits per heavy atom. The van der Waals surface area contributed by atoms with Crippen molar-refractivity contribution >= 4 is 11.8 Å². The molecular formula is C18H27N3O3. The summed E-state index contributed by atoms with van der Waals surface area (Å²) in [6.07, 6.45) is 2.12. The molecule has 1 fully saturated rings. The van der Waals surface area contributed by atoms with Crippen LogP contribution in [0, 0.1) is 6.92 Å². The number of benzene rings is 1. The fourth-order valence-corrected chi connectivity index (χ4v) is 2.59. The molecule has 1 aromatic rings. The van der Waals surface area contributed by atoms with Crippen molar-refractivity contribution in [2.75, 3.05) is 46.4 Å². The number of hydrogen-bond acceptors (Lipinski definition) is 4. The lowest BCUT2D eigenvalue weighted by molar-refractivity contribution is -0.132. The number of ether oxygens (including phenoxy) is 1. The van der Waals surface area contributed by atoms with E-state index in [0.717, 1.165) is 31.7 Å². The first kappa shape index (κ1) is 18.3. The number of hydrogen-bond donors (Lipinski definition) is 1. The quantitative estimate of drug-likeness (QED) is 0.772. The molecule has 6 heteroatoms. The van der Waals surface area contributed by atoms with E-state index in [0.29, 0.717) is 13.2 Å². The Labute approximate surface area is 143 Å². The molecule has 0 atom stereocenters. The Hall–Kier alpha value is -2.08. The fourth-order valence-electron chi connectivity index (χ4n) is 2.59. The first-order chi connectivity index (χ1) is 11.5. The normalized spacial score (nSPS) is 14.0. The van der Waals surface area contributed by atoms with Gasteiger partial charge < -0.3 is 15.0 Å². The summed E-state index contributed by atoms with van der Waals surface area (Å²) >= 11 is 0. The minimum atomic E-state index is -0.139. The number of likely N-dealkylation sites (N-methyl/N-ethyl adjacent to an activating group) is 1. The Bertz CT molecular complexity index is 539. The maximum atomic E-state index is 11.9. The van der Waals surface area contributed by atoms with Gasteiger partial charge in [0, 0.05) is 19.6 Å². The van der Waals surface area contributed by atoms with Crippen LogP contribution in [0.25, 0.3) is 0 Å². The van der Waals surface area contributed by atoms with Gasteiger partial charge >= 0.3 is 0 Å². The molecule has 2 amide bonds. The molecule has 2 rings (SSSR count). The predicted octanol–water partition coefficient (Wildman–Crippen LogP) is 1.04. The molecule has 0 spiro atoms. The highest BCUT2D eigenvalue weighted by Gasteiger charge is 2.18. The first-order valence-corrected chi connectivity index (χ1v) is 8.47. The van der Waals surface area contributed by atoms with E-state index in [1.54, 1.807) is 4.90 Å². The largest absolute Gasteiger partial charge is 0.492 e. The maximum absolute atomic E-state index is 11.9. The van der Waals surface area contributed by atoms with Crippen LogP contribution >= 0.6 is 0 Å². The molecule has 0 bridgehead atoms. The smallest absolute Gasteiger partial charge is 0.241 e. The highest BCUT2D eigenvalue weighted by molar-refractivity contribution is 5.85. The van der Waals surface area contributed by atoms with Crippen LogP contribution in [0.1, 0.15) is 18.4 Å². The third-order valence-corrected chi connectivity index (χ3v) is 4.07. The average Bonchev–Trinajstić information content (AvgIpc) is 3.09. The molecule has 1 heterocycles. The summed E-state index contributed by atoms with van der Waals surface area (Å²) in [4.78, 5) is 27.4. The molecule has 0 aliphatic carbocycles. The minimum absolute atomic E-state index is 0.00575. The zero-order valence-corrected chi connectivity index (χ0v) is 14.6. The van der Waals surface area contributed by atoms with Gasteiger partial charge in [-0.15, -0.1) is 0 Å². The van der Waals surface area contributed by atoms with E-state index in [4.69, 9.17) is 4.74 Å². The van der Waals surface area contributed by atoms with E-state index in [2.05, 4.69) is 5.32 Å². The Kier molecular flexibility index (Phi) is 7.06. The number of aryl methyl sites for hydroxylation is 1. The molecule has 24 heavy (non-hydrogen) atoms. The number of rotatable bonds is 8. The fraction of sp³-hybridized carbons (Fsp3) is 0.556. The van der Waals surface area contributed by atoms with Gasteiger partial charge in [0.15, 0.2) is 0 Å². The molecule has 0 saturated carbocycles. The van der Waals surface area contributed by atoms with Crippen molar-refractivity contribution in [3.8, 4) is 5.75 Å². The topological polar surface area (TPSA) is 61.9 Å². The van der Waals surface area contributed by atoms with Crippen molar-refractivity contribution < 1.29 is 14.3 Å². The Balaban J connectivity index is 1.59. The van der Waals surface area contributed by atoms with Crippen LogP contribution in [-0.4, -0.2) is 68.0 Å². The number of nitrogens with one attached hydrogen (secondary N) is 1. The first-order valence-electron chi connectivity index (χ1n) is 8.47. The molecule has 1 saturated heterocycles. The molecule has 0 radical (unpaired) electrons. The van der Waals surface area contributed by atoms with E-state index in [-0.39, 0.29) is 24.9 Å². The van der Waals surface area contributed by atoms with Gasteiger partial charge in [-0.25, -0.2) is 0 Å². The van der Waals surface area contributed by atoms with Crippen LogP contribution in [0.15, 0.2) is 24.3 Å². The van der Waals surface area contributed by atoms with Crippen molar-refractivity contribution in [1.82, 2.24) is 15.1 Å². The number of carbonyl (C=O) groups is 2. The zero-order valence-electron chi connectivity index (χ0n) is 14.6. The van der Waals surface area contributed by atoms with E-state index >= 15 is 0 Å². The van der Waals surface area contributed by atoms with Gasteiger partial charge in [0.25, 0.3) is 0 Å². The predicted molar refractivity (Wildman–Crippen MR) is 93.0 cm³/mol. The van der Waals surface area contributed by atoms with E-state index in [1.807, 2.05) is 43.1 Å². The second-order valence-electron chi connectivity index (χ2n) is 6.26. The van der Waals surface area contributed by atoms with Crippen molar-refractivity contribution in [3.63, 3.8) is 0 Å². The molecule has 0 aromatic heterocycles. The van der Waals surface area contributed by atoms with Crippen molar-refractivity contribution in [1.29, 1.82) is 0 Å². The van der Waals surface area contributed by atoms with Gasteiger partial charge in [0.05, 0.1) is 13.1 Å². The van der Waals surface area contributed by atoms with Crippen LogP contribution < -0.4 is 10.1 Å². The molecule has 1 N–H and O–H groups in total. The molecule has 6 nitrogen and oxygen atoms in total. The highest BCUT2D eigenvalue weighted by Crippen LogP contribution is 2.11. The summed E-state index contributed by atoms with van der Waals surface area (Å²) < 4.78 is 5.64. The molecule has 0 unspecified atom stereocenters. The third kappa shape index (κ3) is 6.20. The summed E-state index contributed by atoms with van der Waals surface area (Å²) in [7, 11) is 1.86.